The summed E-state index contributed by atoms with van der Waals surface area (Å²) in [7, 11) is 1.00. The van der Waals surface area contributed by atoms with E-state index in [1.54, 1.807) is 0 Å². The van der Waals surface area contributed by atoms with E-state index in [1.807, 2.05) is 0 Å². The highest BCUT2D eigenvalue weighted by molar-refractivity contribution is 5.82. The Labute approximate surface area is 774 Å². The lowest BCUT2D eigenvalue weighted by Crippen LogP contribution is -2.71. The summed E-state index contributed by atoms with van der Waals surface area (Å²) in [5.41, 5.74) is 0. The van der Waals surface area contributed by atoms with Crippen molar-refractivity contribution in [3.8, 4) is 0 Å². The number of amides is 4. The lowest BCUT2D eigenvalue weighted by atomic mass is 9.88. The van der Waals surface area contributed by atoms with E-state index >= 15 is 0 Å². The van der Waals surface area contributed by atoms with Gasteiger partial charge in [-0.05, 0) is 12.8 Å². The van der Waals surface area contributed by atoms with Crippen LogP contribution in [0.4, 0.5) is 0 Å². The Balaban J connectivity index is 1.26. The van der Waals surface area contributed by atoms with Gasteiger partial charge < -0.3 is 196 Å². The van der Waals surface area contributed by atoms with E-state index in [9.17, 15) is 156 Å². The number of carboxylic acid groups (broad SMARTS) is 3. The number of ether oxygens (including phenoxy) is 11. The van der Waals surface area contributed by atoms with Gasteiger partial charge in [0.2, 0.25) is 23.6 Å². The van der Waals surface area contributed by atoms with Gasteiger partial charge in [0, 0.05) is 26.4 Å². The van der Waals surface area contributed by atoms with Gasteiger partial charge in [0.25, 0.3) is 17.4 Å². The van der Waals surface area contributed by atoms with E-state index in [-0.39, 0.29) is 12.8 Å². The van der Waals surface area contributed by atoms with E-state index in [4.69, 9.17) is 52.1 Å². The van der Waals surface area contributed by atoms with Gasteiger partial charge in [0.1, 0.15) is 136 Å². The maximum atomic E-state index is 14.1. The number of nitrogens with one attached hydrogen (secondary N) is 4. The number of hydrogen-bond donors (Lipinski definition) is 28. The van der Waals surface area contributed by atoms with Gasteiger partial charge in [-0.3, -0.25) is 19.2 Å². The fraction of sp³-hybridized carbons (Fsp3) is 0.920. The number of rotatable bonds is 69. The largest absolute Gasteiger partial charge is 0.477 e. The minimum absolute atomic E-state index is 0.0583. The standard InChI is InChI=1S/C87H156N4O42/c1-4-6-8-10-12-14-16-17-18-19-20-21-22-23-24-26-28-30-32-34-36-51(99)79(116)88-49(66(108)50(98)35-33-31-29-27-25-15-13-11-9-7-5-2)46-124-80-72(114)71(113)74(59(44-96)128-80)129-81-73(115)78(70(112)58(43-95)127-81)133-87(84(121)122)39-54(102)64(76(132-87)68(110)56(104)41-93)91-62(107)47-125-85(82(117)118)37-52(100)63(75(130-85)67(109)55(103)40-92)90-61(106)48-126-86(83(119)120)38-53(101)65(89-60(105)45-97)77(131-86)69(111)57(42-94)123-3/h49-59,63-78,80-81,92-104,108-115H,4-48H2,1-3H3,(H,88,116)(H,89,105)(H,90,106)(H,91,107)(H,117,118)(H,119,120)(H,121,122)/t49-,50+,51+,52-,53-,54-,55+,56+,57+,58+,59+,63+,64+,65+,66-,67+,68+,69+,70-,71+,72+,73+,74+,75+,76+,77+,78-,80+,81-,85+,86+,87-/m0/s1. The predicted molar refractivity (Wildman–Crippen MR) is 459 cm³/mol. The molecule has 28 N–H and O–H groups in total. The summed E-state index contributed by atoms with van der Waals surface area (Å²) in [4.78, 5) is 93.5. The van der Waals surface area contributed by atoms with Crippen LogP contribution in [-0.4, -0.2) is 425 Å². The van der Waals surface area contributed by atoms with Crippen LogP contribution >= 0.6 is 0 Å². The van der Waals surface area contributed by atoms with Gasteiger partial charge in [-0.1, -0.05) is 213 Å². The first kappa shape index (κ1) is 118. The average molecular weight is 1930 g/mol. The maximum absolute atomic E-state index is 14.1. The number of aliphatic carboxylic acids is 3. The molecule has 0 aromatic rings. The minimum atomic E-state index is -3.51. The summed E-state index contributed by atoms with van der Waals surface area (Å²) in [6, 6.07) is -7.65. The van der Waals surface area contributed by atoms with Crippen molar-refractivity contribution in [2.75, 3.05) is 66.6 Å². The summed E-state index contributed by atoms with van der Waals surface area (Å²) < 4.78 is 61.8. The molecule has 0 bridgehead atoms. The molecule has 32 atom stereocenters. The quantitative estimate of drug-likeness (QED) is 0.0254. The Kier molecular flexibility index (Phi) is 54.8. The molecule has 5 rings (SSSR count). The number of hydrogen-bond acceptors (Lipinski definition) is 39. The number of carboxylic acids is 3. The molecule has 0 radical (unpaired) electrons. The van der Waals surface area contributed by atoms with E-state index in [1.165, 1.54) is 109 Å². The Bertz CT molecular complexity index is 3290. The second-order valence-corrected chi connectivity index (χ2v) is 35.6. The lowest BCUT2D eigenvalue weighted by molar-refractivity contribution is -0.386. The Morgan fingerprint density at radius 1 is 0.406 bits per heavy atom. The summed E-state index contributed by atoms with van der Waals surface area (Å²) in [6.45, 7) is -6.67. The van der Waals surface area contributed by atoms with E-state index < -0.39 is 315 Å². The van der Waals surface area contributed by atoms with Crippen molar-refractivity contribution in [3.05, 3.63) is 0 Å². The third-order valence-electron chi connectivity index (χ3n) is 25.3. The summed E-state index contributed by atoms with van der Waals surface area (Å²) >= 11 is 0. The van der Waals surface area contributed by atoms with Crippen LogP contribution in [0.15, 0.2) is 0 Å². The monoisotopic (exact) mass is 1930 g/mol. The zero-order chi connectivity index (χ0) is 98.7. The Hall–Kier alpha value is -4.99. The van der Waals surface area contributed by atoms with Crippen molar-refractivity contribution in [1.82, 2.24) is 21.3 Å². The SMILES string of the molecule is CCCCCCCCCCCCCCCCCCCCCC[C@@H](O)C(=O)N[C@@H](CO[C@@H]1O[C@H](CO)[C@@H](O[C@@H]2O[C@H](CO)[C@H](O)[C@H](O[C@]3(C(=O)O)C[C@H](O)[C@@H](NC(=O)CO[C@]4(C(=O)O)C[C@H](O)[C@@H](NC(=O)CO[C@]5(C(=O)O)C[C@H](O)[C@@H](NC(=O)CO)[C@H]([C@H](O)[C@@H](CO)OC)O5)[C@H]([C@H](O)[C@H](O)CO)O4)[C@H]([C@H](O)[C@H](O)CO)O3)[C@H]2O)[C@H](O)[C@H]1O)[C@H](O)[C@H](O)CCCCCCCCCCCCC. The highest BCUT2D eigenvalue weighted by atomic mass is 16.8. The second kappa shape index (κ2) is 61.6. The molecule has 0 aliphatic carbocycles. The van der Waals surface area contributed by atoms with Crippen LogP contribution in [-0.2, 0) is 85.7 Å². The van der Waals surface area contributed by atoms with Gasteiger partial charge in [-0.2, -0.15) is 0 Å². The average Bonchev–Trinajstić information content (AvgIpc) is 0.761. The highest BCUT2D eigenvalue weighted by Gasteiger charge is 2.63. The van der Waals surface area contributed by atoms with Crippen molar-refractivity contribution in [2.45, 2.75) is 439 Å². The number of unbranched alkanes of at least 4 members (excludes halogenated alkanes) is 29. The van der Waals surface area contributed by atoms with Gasteiger partial charge >= 0.3 is 17.9 Å². The van der Waals surface area contributed by atoms with E-state index in [0.29, 0.717) is 12.8 Å². The van der Waals surface area contributed by atoms with Crippen LogP contribution in [0.5, 0.6) is 0 Å². The first-order chi connectivity index (χ1) is 63.4. The molecule has 0 aromatic heterocycles. The second-order valence-electron chi connectivity index (χ2n) is 35.6. The number of carbonyl (C=O) groups excluding carboxylic acids is 4. The molecule has 46 nitrogen and oxygen atoms in total. The zero-order valence-corrected chi connectivity index (χ0v) is 76.6. The predicted octanol–water partition coefficient (Wildman–Crippen LogP) is -4.80. The maximum Gasteiger partial charge on any atom is 0.364 e. The molecule has 0 aromatic carbocycles. The Morgan fingerprint density at radius 3 is 1.15 bits per heavy atom. The van der Waals surface area contributed by atoms with Crippen LogP contribution in [0, 0.1) is 0 Å². The molecule has 133 heavy (non-hydrogen) atoms. The molecule has 0 saturated carbocycles. The van der Waals surface area contributed by atoms with Crippen molar-refractivity contribution < 1.29 is 208 Å². The molecule has 5 fully saturated rings. The van der Waals surface area contributed by atoms with Crippen LogP contribution in [0.1, 0.15) is 245 Å². The first-order valence-corrected chi connectivity index (χ1v) is 47.3. The molecule has 0 unspecified atom stereocenters. The van der Waals surface area contributed by atoms with E-state index in [2.05, 4.69) is 35.1 Å². The summed E-state index contributed by atoms with van der Waals surface area (Å²) in [6.07, 6.45) is -23.7. The molecule has 4 amide bonds. The van der Waals surface area contributed by atoms with Crippen molar-refractivity contribution in [1.29, 1.82) is 0 Å². The Morgan fingerprint density at radius 2 is 0.774 bits per heavy atom. The third-order valence-corrected chi connectivity index (χ3v) is 25.3. The number of carbonyl (C=O) groups is 7. The molecule has 46 heteroatoms. The molecule has 5 aliphatic heterocycles. The fourth-order valence-electron chi connectivity index (χ4n) is 17.3. The fourth-order valence-corrected chi connectivity index (χ4v) is 17.3. The molecule has 5 aliphatic rings. The van der Waals surface area contributed by atoms with Crippen LogP contribution in [0.3, 0.4) is 0 Å². The first-order valence-electron chi connectivity index (χ1n) is 47.3. The highest BCUT2D eigenvalue weighted by Crippen LogP contribution is 2.41. The van der Waals surface area contributed by atoms with Crippen molar-refractivity contribution in [3.63, 3.8) is 0 Å². The van der Waals surface area contributed by atoms with Crippen LogP contribution < -0.4 is 21.3 Å². The molecule has 776 valence electrons. The van der Waals surface area contributed by atoms with Crippen molar-refractivity contribution >= 4 is 41.5 Å². The molecule has 0 spiro atoms. The topological polar surface area (TPSA) is 755 Å². The molecule has 5 heterocycles. The van der Waals surface area contributed by atoms with Gasteiger partial charge in [0.05, 0.1) is 88.2 Å². The molecular formula is C87H156N4O42. The third kappa shape index (κ3) is 36.2. The van der Waals surface area contributed by atoms with Gasteiger partial charge in [-0.15, -0.1) is 0 Å². The van der Waals surface area contributed by atoms with E-state index in [0.717, 1.165) is 84.2 Å². The molecule has 5 saturated heterocycles. The molecular weight excluding hydrogens is 1770 g/mol. The van der Waals surface area contributed by atoms with Gasteiger partial charge in [-0.25, -0.2) is 14.4 Å². The number of methoxy groups -OCH3 is 1. The smallest absolute Gasteiger partial charge is 0.364 e. The lowest BCUT2D eigenvalue weighted by Gasteiger charge is -2.50. The minimum Gasteiger partial charge on any atom is -0.477 e. The summed E-state index contributed by atoms with van der Waals surface area (Å²) in [5.74, 6) is -21.8. The number of aliphatic hydroxyl groups excluding tert-OH is 21. The normalized spacial score (nSPS) is 31.5. The number of aliphatic hydroxyl groups is 21. The summed E-state index contributed by atoms with van der Waals surface area (Å²) in [5, 5.41) is 273. The van der Waals surface area contributed by atoms with Crippen molar-refractivity contribution in [2.24, 2.45) is 0 Å². The van der Waals surface area contributed by atoms with Gasteiger partial charge in [0.15, 0.2) is 12.6 Å². The van der Waals surface area contributed by atoms with Crippen LogP contribution in [0.2, 0.25) is 0 Å². The zero-order valence-electron chi connectivity index (χ0n) is 76.6. The van der Waals surface area contributed by atoms with Crippen LogP contribution in [0.25, 0.3) is 0 Å².